The minimum Gasteiger partial charge on any atom is -1.00 e. The molecule has 0 rings (SSSR count). The van der Waals surface area contributed by atoms with E-state index in [4.69, 9.17) is 0 Å². The first-order valence-corrected chi connectivity index (χ1v) is 17.5. The van der Waals surface area contributed by atoms with Crippen LogP contribution in [-0.4, -0.2) is 62.8 Å². The van der Waals surface area contributed by atoms with E-state index < -0.39 is 0 Å². The number of unbranched alkanes of at least 4 members (excludes halogenated alkanes) is 20. The highest BCUT2D eigenvalue weighted by atomic mass is 79.9. The van der Waals surface area contributed by atoms with Gasteiger partial charge in [0.1, 0.15) is 0 Å². The highest BCUT2D eigenvalue weighted by Gasteiger charge is 2.19. The maximum atomic E-state index is 2.35. The van der Waals surface area contributed by atoms with E-state index in [1.165, 1.54) is 178 Å². The second kappa shape index (κ2) is 35.1. The van der Waals surface area contributed by atoms with Crippen molar-refractivity contribution >= 4 is 0 Å². The van der Waals surface area contributed by atoms with E-state index >= 15 is 0 Å². The van der Waals surface area contributed by atoms with Crippen molar-refractivity contribution in [3.63, 3.8) is 0 Å². The maximum Gasteiger partial charge on any atom is 0.0786 e. The molecule has 0 heterocycles. The first-order valence-electron chi connectivity index (χ1n) is 17.5. The average molecular weight is 687 g/mol. The number of hydrogen-bond acceptors (Lipinski definition) is 0. The molecule has 0 radical (unpaired) electrons. The predicted octanol–water partition coefficient (Wildman–Crippen LogP) is 5.19. The Balaban J connectivity index is -0.000000299. The molecule has 39 heavy (non-hydrogen) atoms. The van der Waals surface area contributed by atoms with Gasteiger partial charge in [0.25, 0.3) is 0 Å². The van der Waals surface area contributed by atoms with E-state index in [9.17, 15) is 0 Å². The van der Waals surface area contributed by atoms with E-state index in [1.54, 1.807) is 0 Å². The Morgan fingerprint density at radius 1 is 0.308 bits per heavy atom. The van der Waals surface area contributed by atoms with Crippen LogP contribution in [-0.2, 0) is 0 Å². The van der Waals surface area contributed by atoms with Gasteiger partial charge in [-0.2, -0.15) is 0 Å². The van der Waals surface area contributed by atoms with Crippen molar-refractivity contribution in [2.45, 2.75) is 176 Å². The van der Waals surface area contributed by atoms with Gasteiger partial charge in [-0.1, -0.05) is 129 Å². The molecule has 0 saturated carbocycles. The molecule has 0 aromatic rings. The fraction of sp³-hybridized carbons (Fsp3) is 1.00. The maximum absolute atomic E-state index is 2.35. The summed E-state index contributed by atoms with van der Waals surface area (Å²) in [5, 5.41) is 0. The standard InChI is InChI=1S/C18H40N.C17H38N.2BrH/c1-5-9-10-11-12-13-14-15-16-17-18-19(6-2,7-3)8-4;1-5-6-7-8-9-10-11-12-13-14-15-16-17-18(2,3)4;;/h5-18H2,1-4H3;5-17H2,1-4H3;2*1H/q2*+1;;/p-2. The minimum atomic E-state index is 0. The lowest BCUT2D eigenvalue weighted by molar-refractivity contribution is -0.923. The molecule has 0 atom stereocenters. The summed E-state index contributed by atoms with van der Waals surface area (Å²) in [6.07, 6.45) is 31.9. The van der Waals surface area contributed by atoms with Crippen molar-refractivity contribution in [3.8, 4) is 0 Å². The zero-order valence-electron chi connectivity index (χ0n) is 28.7. The van der Waals surface area contributed by atoms with Crippen molar-refractivity contribution in [2.75, 3.05) is 53.9 Å². The molecule has 0 aromatic heterocycles. The van der Waals surface area contributed by atoms with Gasteiger partial charge >= 0.3 is 0 Å². The van der Waals surface area contributed by atoms with Crippen molar-refractivity contribution in [3.05, 3.63) is 0 Å². The van der Waals surface area contributed by atoms with Gasteiger partial charge in [-0.25, -0.2) is 0 Å². The Morgan fingerprint density at radius 2 is 0.538 bits per heavy atom. The fourth-order valence-electron chi connectivity index (χ4n) is 5.51. The molecule has 0 aliphatic heterocycles. The van der Waals surface area contributed by atoms with Crippen LogP contribution in [0.2, 0.25) is 0 Å². The van der Waals surface area contributed by atoms with Crippen LogP contribution >= 0.6 is 0 Å². The first kappa shape index (κ1) is 46.8. The zero-order chi connectivity index (χ0) is 28.1. The van der Waals surface area contributed by atoms with Crippen LogP contribution in [0.5, 0.6) is 0 Å². The van der Waals surface area contributed by atoms with Crippen LogP contribution in [0.15, 0.2) is 0 Å². The van der Waals surface area contributed by atoms with E-state index in [-0.39, 0.29) is 34.0 Å². The molecule has 0 saturated heterocycles. The Morgan fingerprint density at radius 3 is 0.769 bits per heavy atom. The average Bonchev–Trinajstić information content (AvgIpc) is 2.88. The second-order valence-electron chi connectivity index (χ2n) is 13.1. The Hall–Kier alpha value is 0.880. The Kier molecular flexibility index (Phi) is 42.1. The summed E-state index contributed by atoms with van der Waals surface area (Å²) in [5.74, 6) is 0. The Bertz CT molecular complexity index is 411. The smallest absolute Gasteiger partial charge is 0.0786 e. The van der Waals surface area contributed by atoms with Crippen LogP contribution in [0, 0.1) is 0 Å². The van der Waals surface area contributed by atoms with Crippen LogP contribution in [0.4, 0.5) is 0 Å². The number of rotatable bonds is 27. The largest absolute Gasteiger partial charge is 1.00 e. The third-order valence-corrected chi connectivity index (χ3v) is 8.68. The van der Waals surface area contributed by atoms with Crippen LogP contribution < -0.4 is 34.0 Å². The number of halogens is 2. The minimum absolute atomic E-state index is 0. The molecular weight excluding hydrogens is 608 g/mol. The lowest BCUT2D eigenvalue weighted by Gasteiger charge is -2.35. The van der Waals surface area contributed by atoms with Gasteiger partial charge in [0.15, 0.2) is 0 Å². The molecule has 0 fully saturated rings. The third-order valence-electron chi connectivity index (χ3n) is 8.68. The van der Waals surface area contributed by atoms with Gasteiger partial charge in [0, 0.05) is 0 Å². The molecule has 0 N–H and O–H groups in total. The summed E-state index contributed by atoms with van der Waals surface area (Å²) < 4.78 is 2.45. The quantitative estimate of drug-likeness (QED) is 0.0826. The molecule has 242 valence electrons. The third kappa shape index (κ3) is 36.9. The summed E-state index contributed by atoms with van der Waals surface area (Å²) in [4.78, 5) is 0. The van der Waals surface area contributed by atoms with Gasteiger partial charge in [0.05, 0.1) is 53.9 Å². The van der Waals surface area contributed by atoms with Crippen molar-refractivity contribution in [1.82, 2.24) is 0 Å². The molecule has 0 bridgehead atoms. The predicted molar refractivity (Wildman–Crippen MR) is 173 cm³/mol. The summed E-state index contributed by atoms with van der Waals surface area (Å²) in [5.41, 5.74) is 0. The van der Waals surface area contributed by atoms with Gasteiger partial charge in [0.2, 0.25) is 0 Å². The first-order chi connectivity index (χ1) is 17.8. The van der Waals surface area contributed by atoms with Crippen molar-refractivity contribution < 1.29 is 42.9 Å². The molecule has 0 aromatic carbocycles. The lowest BCUT2D eigenvalue weighted by Crippen LogP contribution is -3.00. The molecule has 0 aliphatic carbocycles. The van der Waals surface area contributed by atoms with Gasteiger partial charge in [-0.05, 0) is 46.5 Å². The summed E-state index contributed by atoms with van der Waals surface area (Å²) in [6.45, 7) is 18.3. The van der Waals surface area contributed by atoms with E-state index in [2.05, 4.69) is 55.8 Å². The van der Waals surface area contributed by atoms with E-state index in [0.717, 1.165) is 4.48 Å². The molecule has 0 unspecified atom stereocenters. The summed E-state index contributed by atoms with van der Waals surface area (Å²) in [6, 6.07) is 0. The molecular formula is C35H78Br2N2. The summed E-state index contributed by atoms with van der Waals surface area (Å²) in [7, 11) is 6.87. The van der Waals surface area contributed by atoms with Crippen LogP contribution in [0.1, 0.15) is 176 Å². The number of nitrogens with zero attached hydrogens (tertiary/aromatic N) is 2. The molecule has 0 spiro atoms. The number of quaternary nitrogens is 2. The van der Waals surface area contributed by atoms with Gasteiger partial charge < -0.3 is 42.9 Å². The Labute approximate surface area is 271 Å². The van der Waals surface area contributed by atoms with E-state index in [1.807, 2.05) is 0 Å². The summed E-state index contributed by atoms with van der Waals surface area (Å²) >= 11 is 0. The molecule has 2 nitrogen and oxygen atoms in total. The molecule has 4 heteroatoms. The monoisotopic (exact) mass is 684 g/mol. The van der Waals surface area contributed by atoms with Crippen LogP contribution in [0.25, 0.3) is 0 Å². The zero-order valence-corrected chi connectivity index (χ0v) is 31.9. The SMILES string of the molecule is CCCCCCCCCCCCCC[N+](C)(C)C.CCCCCCCCCCCC[N+](CC)(CC)CC.[Br-].[Br-]. The highest BCUT2D eigenvalue weighted by molar-refractivity contribution is 4.49. The highest BCUT2D eigenvalue weighted by Crippen LogP contribution is 2.14. The number of hydrogen-bond donors (Lipinski definition) is 0. The lowest BCUT2D eigenvalue weighted by atomic mass is 10.1. The van der Waals surface area contributed by atoms with Crippen LogP contribution in [0.3, 0.4) is 0 Å². The van der Waals surface area contributed by atoms with Crippen molar-refractivity contribution in [2.24, 2.45) is 0 Å². The fourth-order valence-corrected chi connectivity index (χ4v) is 5.51. The van der Waals surface area contributed by atoms with Crippen molar-refractivity contribution in [1.29, 1.82) is 0 Å². The second-order valence-corrected chi connectivity index (χ2v) is 13.1. The molecule has 0 aliphatic rings. The normalized spacial score (nSPS) is 11.4. The van der Waals surface area contributed by atoms with Gasteiger partial charge in [-0.15, -0.1) is 0 Å². The van der Waals surface area contributed by atoms with Gasteiger partial charge in [-0.3, -0.25) is 0 Å². The topological polar surface area (TPSA) is 0 Å². The van der Waals surface area contributed by atoms with E-state index in [0.29, 0.717) is 0 Å². The molecule has 0 amide bonds.